The Morgan fingerprint density at radius 3 is 2.60 bits per heavy atom. The van der Waals surface area contributed by atoms with E-state index in [4.69, 9.17) is 4.42 Å². The van der Waals surface area contributed by atoms with Gasteiger partial charge in [-0.2, -0.15) is 0 Å². The number of nitrogens with zero attached hydrogens (tertiary/aromatic N) is 4. The quantitative estimate of drug-likeness (QED) is 0.837. The van der Waals surface area contributed by atoms with Crippen molar-refractivity contribution in [3.8, 4) is 0 Å². The van der Waals surface area contributed by atoms with Crippen LogP contribution >= 0.6 is 0 Å². The van der Waals surface area contributed by atoms with Crippen LogP contribution in [0.5, 0.6) is 0 Å². The minimum absolute atomic E-state index is 0.200. The molecular formula is C19H24N4O2. The Morgan fingerprint density at radius 2 is 1.92 bits per heavy atom. The minimum atomic E-state index is 0.200. The third-order valence-corrected chi connectivity index (χ3v) is 5.21. The average molecular weight is 340 g/mol. The molecule has 0 bridgehead atoms. The molecule has 0 spiro atoms. The van der Waals surface area contributed by atoms with E-state index in [0.717, 1.165) is 49.6 Å². The van der Waals surface area contributed by atoms with Crippen molar-refractivity contribution in [2.75, 3.05) is 31.1 Å². The third kappa shape index (κ3) is 3.67. The summed E-state index contributed by atoms with van der Waals surface area (Å²) < 4.78 is 5.90. The van der Waals surface area contributed by atoms with Crippen LogP contribution in [0.4, 0.5) is 5.95 Å². The number of piperazine rings is 1. The number of carbonyl (C=O) groups is 1. The van der Waals surface area contributed by atoms with Crippen molar-refractivity contribution in [3.63, 3.8) is 0 Å². The number of furan rings is 1. The zero-order chi connectivity index (χ0) is 17.2. The number of hydrogen-bond donors (Lipinski definition) is 0. The van der Waals surface area contributed by atoms with Crippen molar-refractivity contribution in [2.45, 2.75) is 32.1 Å². The molecule has 1 amide bonds. The molecule has 0 aromatic carbocycles. The largest absolute Gasteiger partial charge is 0.466 e. The van der Waals surface area contributed by atoms with E-state index in [1.165, 1.54) is 6.42 Å². The van der Waals surface area contributed by atoms with Gasteiger partial charge in [-0.25, -0.2) is 9.97 Å². The van der Waals surface area contributed by atoms with Gasteiger partial charge in [-0.05, 0) is 30.5 Å². The lowest BCUT2D eigenvalue weighted by Crippen LogP contribution is -2.49. The Morgan fingerprint density at radius 1 is 1.20 bits per heavy atom. The Hall–Kier alpha value is -2.37. The van der Waals surface area contributed by atoms with Gasteiger partial charge < -0.3 is 14.2 Å². The van der Waals surface area contributed by atoms with E-state index < -0.39 is 0 Å². The molecule has 2 aromatic rings. The van der Waals surface area contributed by atoms with Crippen LogP contribution in [0, 0.1) is 5.92 Å². The Balaban J connectivity index is 1.24. The summed E-state index contributed by atoms with van der Waals surface area (Å²) in [6.07, 6.45) is 5.91. The van der Waals surface area contributed by atoms with Crippen LogP contribution in [-0.2, 0) is 11.2 Å². The predicted octanol–water partition coefficient (Wildman–Crippen LogP) is 2.47. The topological polar surface area (TPSA) is 62.5 Å². The average Bonchev–Trinajstić information content (AvgIpc) is 3.20. The maximum Gasteiger partial charge on any atom is 0.225 e. The van der Waals surface area contributed by atoms with Gasteiger partial charge >= 0.3 is 0 Å². The molecule has 1 saturated heterocycles. The first kappa shape index (κ1) is 16.1. The fraction of sp³-hybridized carbons (Fsp3) is 0.526. The molecule has 2 atom stereocenters. The zero-order valence-electron chi connectivity index (χ0n) is 14.6. The summed E-state index contributed by atoms with van der Waals surface area (Å²) in [5.74, 6) is 4.30. The summed E-state index contributed by atoms with van der Waals surface area (Å²) in [4.78, 5) is 25.1. The van der Waals surface area contributed by atoms with Gasteiger partial charge in [0.1, 0.15) is 11.5 Å². The molecule has 2 aromatic heterocycles. The van der Waals surface area contributed by atoms with Crippen molar-refractivity contribution in [1.29, 1.82) is 0 Å². The first-order chi connectivity index (χ1) is 12.2. The summed E-state index contributed by atoms with van der Waals surface area (Å²) in [7, 11) is 0. The van der Waals surface area contributed by atoms with E-state index in [9.17, 15) is 4.79 Å². The highest BCUT2D eigenvalue weighted by Crippen LogP contribution is 2.47. The lowest BCUT2D eigenvalue weighted by Gasteiger charge is -2.34. The number of amides is 1. The van der Waals surface area contributed by atoms with Crippen LogP contribution in [0.25, 0.3) is 0 Å². The molecule has 0 N–H and O–H groups in total. The van der Waals surface area contributed by atoms with Crippen molar-refractivity contribution >= 4 is 11.9 Å². The highest BCUT2D eigenvalue weighted by atomic mass is 16.3. The van der Waals surface area contributed by atoms with Crippen molar-refractivity contribution in [3.05, 3.63) is 42.1 Å². The molecule has 132 valence electrons. The highest BCUT2D eigenvalue weighted by Gasteiger charge is 2.36. The molecule has 0 radical (unpaired) electrons. The Labute approximate surface area is 147 Å². The van der Waals surface area contributed by atoms with Crippen molar-refractivity contribution in [2.24, 2.45) is 5.92 Å². The SMILES string of the molecule is C[C@@H]1C[C@@H]1c1ccc(CCC(=O)N2CCN(c3ncccn3)CC2)o1. The van der Waals surface area contributed by atoms with Gasteiger partial charge in [0, 0.05) is 57.3 Å². The van der Waals surface area contributed by atoms with Gasteiger partial charge in [0.25, 0.3) is 0 Å². The van der Waals surface area contributed by atoms with E-state index in [1.54, 1.807) is 12.4 Å². The minimum Gasteiger partial charge on any atom is -0.466 e. The predicted molar refractivity (Wildman–Crippen MR) is 94.4 cm³/mol. The molecule has 1 saturated carbocycles. The highest BCUT2D eigenvalue weighted by molar-refractivity contribution is 5.76. The second-order valence-electron chi connectivity index (χ2n) is 7.04. The first-order valence-electron chi connectivity index (χ1n) is 9.09. The van der Waals surface area contributed by atoms with Crippen LogP contribution in [0.2, 0.25) is 0 Å². The molecule has 1 aliphatic heterocycles. The summed E-state index contributed by atoms with van der Waals surface area (Å²) >= 11 is 0. The molecule has 2 aliphatic rings. The van der Waals surface area contributed by atoms with Crippen LogP contribution in [0.3, 0.4) is 0 Å². The lowest BCUT2D eigenvalue weighted by atomic mass is 10.2. The van der Waals surface area contributed by atoms with Gasteiger partial charge in [0.05, 0.1) is 0 Å². The number of aromatic nitrogens is 2. The normalized spacial score (nSPS) is 22.9. The molecule has 0 unspecified atom stereocenters. The van der Waals surface area contributed by atoms with Crippen LogP contribution < -0.4 is 4.90 Å². The van der Waals surface area contributed by atoms with Crippen LogP contribution in [0.1, 0.15) is 37.2 Å². The number of rotatable bonds is 5. The molecule has 2 fully saturated rings. The second-order valence-corrected chi connectivity index (χ2v) is 7.04. The molecule has 3 heterocycles. The van der Waals surface area contributed by atoms with Crippen LogP contribution in [-0.4, -0.2) is 47.0 Å². The summed E-state index contributed by atoms with van der Waals surface area (Å²) in [5.41, 5.74) is 0. The zero-order valence-corrected chi connectivity index (χ0v) is 14.6. The van der Waals surface area contributed by atoms with E-state index >= 15 is 0 Å². The number of anilines is 1. The molecular weight excluding hydrogens is 316 g/mol. The van der Waals surface area contributed by atoms with Crippen molar-refractivity contribution in [1.82, 2.24) is 14.9 Å². The maximum atomic E-state index is 12.5. The van der Waals surface area contributed by atoms with Gasteiger partial charge in [0.15, 0.2) is 0 Å². The number of carbonyl (C=O) groups excluding carboxylic acids is 1. The smallest absolute Gasteiger partial charge is 0.225 e. The fourth-order valence-corrected chi connectivity index (χ4v) is 3.45. The van der Waals surface area contributed by atoms with Crippen LogP contribution in [0.15, 0.2) is 35.0 Å². The first-order valence-corrected chi connectivity index (χ1v) is 9.09. The van der Waals surface area contributed by atoms with Gasteiger partial charge in [-0.15, -0.1) is 0 Å². The Bertz CT molecular complexity index is 722. The van der Waals surface area contributed by atoms with E-state index in [-0.39, 0.29) is 5.91 Å². The molecule has 4 rings (SSSR count). The second kappa shape index (κ2) is 6.86. The molecule has 25 heavy (non-hydrogen) atoms. The number of aryl methyl sites for hydroxylation is 1. The van der Waals surface area contributed by atoms with Crippen molar-refractivity contribution < 1.29 is 9.21 Å². The monoisotopic (exact) mass is 340 g/mol. The molecule has 1 aliphatic carbocycles. The van der Waals surface area contributed by atoms with Gasteiger partial charge in [-0.1, -0.05) is 6.92 Å². The van der Waals surface area contributed by atoms with E-state index in [1.807, 2.05) is 17.0 Å². The third-order valence-electron chi connectivity index (χ3n) is 5.21. The maximum absolute atomic E-state index is 12.5. The number of hydrogen-bond acceptors (Lipinski definition) is 5. The fourth-order valence-electron chi connectivity index (χ4n) is 3.45. The summed E-state index contributed by atoms with van der Waals surface area (Å²) in [5, 5.41) is 0. The summed E-state index contributed by atoms with van der Waals surface area (Å²) in [6, 6.07) is 5.91. The Kier molecular flexibility index (Phi) is 4.42. The molecule has 6 heteroatoms. The lowest BCUT2D eigenvalue weighted by molar-refractivity contribution is -0.131. The van der Waals surface area contributed by atoms with Gasteiger partial charge in [-0.3, -0.25) is 4.79 Å². The molecule has 6 nitrogen and oxygen atoms in total. The summed E-state index contributed by atoms with van der Waals surface area (Å²) in [6.45, 7) is 5.25. The van der Waals surface area contributed by atoms with E-state index in [0.29, 0.717) is 18.8 Å². The van der Waals surface area contributed by atoms with E-state index in [2.05, 4.69) is 27.9 Å². The standard InChI is InChI=1S/C19H24N4O2/c1-14-13-16(14)17-5-3-15(25-17)4-6-18(24)22-9-11-23(12-10-22)19-20-7-2-8-21-19/h2-3,5,7-8,14,16H,4,6,9-13H2,1H3/t14-,16+/m1/s1. The van der Waals surface area contributed by atoms with Gasteiger partial charge in [0.2, 0.25) is 11.9 Å².